The van der Waals surface area contributed by atoms with Crippen molar-refractivity contribution in [1.82, 2.24) is 18.7 Å². The number of fused-ring (bicyclic) bond motifs is 2. The maximum Gasteiger partial charge on any atom is 0.332 e. The third-order valence-corrected chi connectivity index (χ3v) is 5.39. The van der Waals surface area contributed by atoms with Crippen molar-refractivity contribution in [1.29, 1.82) is 0 Å². The van der Waals surface area contributed by atoms with Gasteiger partial charge < -0.3 is 4.57 Å². The SMILES string of the molecule is Cn1c(=O)c2nc(Sc3ccc4ccccc4c3)n(C)c2n(C)c1=O. The van der Waals surface area contributed by atoms with Crippen LogP contribution in [0.25, 0.3) is 21.9 Å². The van der Waals surface area contributed by atoms with E-state index >= 15 is 0 Å². The highest BCUT2D eigenvalue weighted by Gasteiger charge is 2.17. The normalized spacial score (nSPS) is 11.5. The van der Waals surface area contributed by atoms with Crippen molar-refractivity contribution in [3.63, 3.8) is 0 Å². The Morgan fingerprint density at radius 1 is 0.880 bits per heavy atom. The second-order valence-corrected chi connectivity index (χ2v) is 6.98. The Kier molecular flexibility index (Phi) is 3.54. The molecule has 0 aliphatic rings. The molecular weight excluding hydrogens is 336 g/mol. The van der Waals surface area contributed by atoms with Crippen molar-refractivity contribution in [2.24, 2.45) is 21.1 Å². The average molecular weight is 352 g/mol. The first-order chi connectivity index (χ1) is 12.0. The van der Waals surface area contributed by atoms with Gasteiger partial charge in [-0.05, 0) is 22.9 Å². The van der Waals surface area contributed by atoms with Crippen molar-refractivity contribution in [3.8, 4) is 0 Å². The number of benzene rings is 2. The predicted molar refractivity (Wildman–Crippen MR) is 99.3 cm³/mol. The van der Waals surface area contributed by atoms with Crippen LogP contribution in [0, 0.1) is 0 Å². The van der Waals surface area contributed by atoms with Gasteiger partial charge in [-0.2, -0.15) is 0 Å². The van der Waals surface area contributed by atoms with E-state index in [1.54, 1.807) is 11.6 Å². The first-order valence-electron chi connectivity index (χ1n) is 7.76. The van der Waals surface area contributed by atoms with Gasteiger partial charge in [-0.15, -0.1) is 0 Å². The molecule has 0 bridgehead atoms. The molecule has 0 unspecified atom stereocenters. The lowest BCUT2D eigenvalue weighted by molar-refractivity contribution is 0.690. The molecule has 126 valence electrons. The molecule has 0 atom stereocenters. The maximum absolute atomic E-state index is 12.4. The lowest BCUT2D eigenvalue weighted by atomic mass is 10.1. The van der Waals surface area contributed by atoms with Crippen molar-refractivity contribution >= 4 is 33.7 Å². The molecular formula is C18H16N4O2S. The number of hydrogen-bond acceptors (Lipinski definition) is 4. The first-order valence-corrected chi connectivity index (χ1v) is 8.58. The lowest BCUT2D eigenvalue weighted by Gasteiger charge is -2.06. The molecule has 0 spiro atoms. The lowest BCUT2D eigenvalue weighted by Crippen LogP contribution is -2.37. The molecule has 0 aliphatic carbocycles. The molecule has 0 saturated heterocycles. The van der Waals surface area contributed by atoms with Gasteiger partial charge in [0, 0.05) is 26.0 Å². The Balaban J connectivity index is 1.88. The van der Waals surface area contributed by atoms with Crippen LogP contribution in [0.3, 0.4) is 0 Å². The van der Waals surface area contributed by atoms with Crippen LogP contribution < -0.4 is 11.2 Å². The molecule has 0 saturated carbocycles. The standard InChI is InChI=1S/C18H16N4O2S/c1-20-15-14(16(23)22(3)18(24)21(15)2)19-17(20)25-13-9-8-11-6-4-5-7-12(11)10-13/h4-10H,1-3H3. The highest BCUT2D eigenvalue weighted by Crippen LogP contribution is 2.30. The van der Waals surface area contributed by atoms with Crippen molar-refractivity contribution in [2.75, 3.05) is 0 Å². The summed E-state index contributed by atoms with van der Waals surface area (Å²) in [6.45, 7) is 0. The monoisotopic (exact) mass is 352 g/mol. The molecule has 2 aromatic carbocycles. The highest BCUT2D eigenvalue weighted by molar-refractivity contribution is 7.99. The predicted octanol–water partition coefficient (Wildman–Crippen LogP) is 2.28. The minimum absolute atomic E-state index is 0.301. The zero-order valence-electron chi connectivity index (χ0n) is 14.1. The molecule has 0 aliphatic heterocycles. The number of aryl methyl sites for hydroxylation is 2. The quantitative estimate of drug-likeness (QED) is 0.555. The summed E-state index contributed by atoms with van der Waals surface area (Å²) in [5.74, 6) is 0. The summed E-state index contributed by atoms with van der Waals surface area (Å²) in [6, 6.07) is 14.3. The fourth-order valence-electron chi connectivity index (χ4n) is 2.99. The summed E-state index contributed by atoms with van der Waals surface area (Å²) in [6.07, 6.45) is 0. The first kappa shape index (κ1) is 15.7. The van der Waals surface area contributed by atoms with E-state index in [0.717, 1.165) is 14.8 Å². The van der Waals surface area contributed by atoms with Gasteiger partial charge >= 0.3 is 5.69 Å². The third-order valence-electron chi connectivity index (χ3n) is 4.35. The minimum Gasteiger partial charge on any atom is -0.308 e. The van der Waals surface area contributed by atoms with E-state index in [9.17, 15) is 9.59 Å². The Bertz CT molecular complexity index is 1250. The molecule has 4 rings (SSSR count). The zero-order chi connectivity index (χ0) is 17.7. The number of nitrogens with zero attached hydrogens (tertiary/aromatic N) is 4. The molecule has 7 heteroatoms. The molecule has 2 heterocycles. The number of imidazole rings is 1. The van der Waals surface area contributed by atoms with E-state index in [-0.39, 0.29) is 11.2 Å². The van der Waals surface area contributed by atoms with Gasteiger partial charge in [-0.3, -0.25) is 13.9 Å². The van der Waals surface area contributed by atoms with Crippen LogP contribution >= 0.6 is 11.8 Å². The van der Waals surface area contributed by atoms with Gasteiger partial charge in [0.15, 0.2) is 16.3 Å². The summed E-state index contributed by atoms with van der Waals surface area (Å²) >= 11 is 1.47. The Morgan fingerprint density at radius 2 is 1.60 bits per heavy atom. The van der Waals surface area contributed by atoms with Crippen LogP contribution in [-0.4, -0.2) is 18.7 Å². The van der Waals surface area contributed by atoms with Gasteiger partial charge in [0.05, 0.1) is 0 Å². The Hall–Kier alpha value is -2.80. The molecule has 6 nitrogen and oxygen atoms in total. The highest BCUT2D eigenvalue weighted by atomic mass is 32.2. The summed E-state index contributed by atoms with van der Waals surface area (Å²) in [5.41, 5.74) is 0.0913. The van der Waals surface area contributed by atoms with Crippen molar-refractivity contribution in [2.45, 2.75) is 10.1 Å². The van der Waals surface area contributed by atoms with Gasteiger partial charge in [0.25, 0.3) is 5.56 Å². The van der Waals surface area contributed by atoms with E-state index in [2.05, 4.69) is 29.2 Å². The molecule has 0 radical (unpaired) electrons. The molecule has 4 aromatic rings. The van der Waals surface area contributed by atoms with Crippen LogP contribution in [0.4, 0.5) is 0 Å². The largest absolute Gasteiger partial charge is 0.332 e. The van der Waals surface area contributed by atoms with Crippen LogP contribution in [0.2, 0.25) is 0 Å². The van der Waals surface area contributed by atoms with Crippen LogP contribution in [-0.2, 0) is 21.1 Å². The average Bonchev–Trinajstić information content (AvgIpc) is 2.95. The second-order valence-electron chi connectivity index (χ2n) is 5.94. The van der Waals surface area contributed by atoms with E-state index in [4.69, 9.17) is 0 Å². The van der Waals surface area contributed by atoms with Crippen LogP contribution in [0.5, 0.6) is 0 Å². The topological polar surface area (TPSA) is 61.8 Å². The van der Waals surface area contributed by atoms with Crippen molar-refractivity contribution < 1.29 is 0 Å². The van der Waals surface area contributed by atoms with E-state index in [0.29, 0.717) is 16.3 Å². The molecule has 0 fully saturated rings. The van der Waals surface area contributed by atoms with E-state index in [1.165, 1.54) is 28.8 Å². The number of rotatable bonds is 2. The van der Waals surface area contributed by atoms with E-state index in [1.807, 2.05) is 25.2 Å². The minimum atomic E-state index is -0.376. The smallest absolute Gasteiger partial charge is 0.308 e. The summed E-state index contributed by atoms with van der Waals surface area (Å²) in [5, 5.41) is 2.99. The maximum atomic E-state index is 12.4. The molecule has 0 N–H and O–H groups in total. The fourth-order valence-corrected chi connectivity index (χ4v) is 3.88. The summed E-state index contributed by atoms with van der Waals surface area (Å²) in [4.78, 5) is 30.0. The second kappa shape index (κ2) is 5.63. The van der Waals surface area contributed by atoms with Gasteiger partial charge in [-0.1, -0.05) is 42.1 Å². The summed E-state index contributed by atoms with van der Waals surface area (Å²) < 4.78 is 4.33. The van der Waals surface area contributed by atoms with E-state index < -0.39 is 0 Å². The van der Waals surface area contributed by atoms with Crippen molar-refractivity contribution in [3.05, 3.63) is 63.3 Å². The molecule has 25 heavy (non-hydrogen) atoms. The number of hydrogen-bond donors (Lipinski definition) is 0. The Labute approximate surface area is 147 Å². The Morgan fingerprint density at radius 3 is 2.36 bits per heavy atom. The van der Waals surface area contributed by atoms with Gasteiger partial charge in [-0.25, -0.2) is 9.78 Å². The fraction of sp³-hybridized carbons (Fsp3) is 0.167. The number of aromatic nitrogens is 4. The van der Waals surface area contributed by atoms with Crippen LogP contribution in [0.1, 0.15) is 0 Å². The molecule has 0 amide bonds. The summed E-state index contributed by atoms with van der Waals surface area (Å²) in [7, 11) is 4.93. The van der Waals surface area contributed by atoms with Gasteiger partial charge in [0.2, 0.25) is 0 Å². The van der Waals surface area contributed by atoms with Crippen LogP contribution in [0.15, 0.2) is 62.1 Å². The van der Waals surface area contributed by atoms with Gasteiger partial charge in [0.1, 0.15) is 0 Å². The molecule has 2 aromatic heterocycles. The third kappa shape index (κ3) is 2.39. The zero-order valence-corrected chi connectivity index (χ0v) is 14.9.